The smallest absolute Gasteiger partial charge is 0.0718 e. The van der Waals surface area contributed by atoms with Crippen molar-refractivity contribution in [3.8, 4) is 0 Å². The highest BCUT2D eigenvalue weighted by Gasteiger charge is 2.07. The molecule has 0 amide bonds. The Morgan fingerprint density at radius 2 is 2.00 bits per heavy atom. The first-order chi connectivity index (χ1) is 5.70. The molecule has 0 aliphatic rings. The summed E-state index contributed by atoms with van der Waals surface area (Å²) in [5.41, 5.74) is 0. The van der Waals surface area contributed by atoms with E-state index in [2.05, 4.69) is 62.7 Å². The Balaban J connectivity index is 2.97. The van der Waals surface area contributed by atoms with Gasteiger partial charge >= 0.3 is 0 Å². The van der Waals surface area contributed by atoms with E-state index in [4.69, 9.17) is 11.6 Å². The third kappa shape index (κ3) is 1.49. The van der Waals surface area contributed by atoms with Gasteiger partial charge < -0.3 is 0 Å². The standard InChI is InChI=1S/C8H3ClI2S/c9-7-6(11)3-5(10)4-1-2-12-8(4)7/h1-3H. The third-order valence-electron chi connectivity index (χ3n) is 1.59. The summed E-state index contributed by atoms with van der Waals surface area (Å²) in [6, 6.07) is 4.22. The van der Waals surface area contributed by atoms with E-state index in [1.54, 1.807) is 11.3 Å². The van der Waals surface area contributed by atoms with Crippen LogP contribution in [0.3, 0.4) is 0 Å². The lowest BCUT2D eigenvalue weighted by atomic mass is 10.3. The van der Waals surface area contributed by atoms with Crippen LogP contribution in [0.25, 0.3) is 10.1 Å². The molecule has 12 heavy (non-hydrogen) atoms. The predicted molar refractivity (Wildman–Crippen MR) is 72.3 cm³/mol. The van der Waals surface area contributed by atoms with Crippen molar-refractivity contribution in [2.45, 2.75) is 0 Å². The SMILES string of the molecule is Clc1c(I)cc(I)c2ccsc12. The van der Waals surface area contributed by atoms with Crippen LogP contribution in [0.5, 0.6) is 0 Å². The first-order valence-electron chi connectivity index (χ1n) is 3.21. The molecule has 62 valence electrons. The molecule has 0 fully saturated rings. The van der Waals surface area contributed by atoms with Crippen LogP contribution in [0.1, 0.15) is 0 Å². The largest absolute Gasteiger partial charge is 0.142 e. The zero-order valence-electron chi connectivity index (χ0n) is 5.77. The van der Waals surface area contributed by atoms with Crippen molar-refractivity contribution < 1.29 is 0 Å². The predicted octanol–water partition coefficient (Wildman–Crippen LogP) is 4.76. The van der Waals surface area contributed by atoms with Crippen LogP contribution in [0.2, 0.25) is 5.02 Å². The van der Waals surface area contributed by atoms with Crippen molar-refractivity contribution >= 4 is 78.2 Å². The minimum Gasteiger partial charge on any atom is -0.142 e. The van der Waals surface area contributed by atoms with E-state index < -0.39 is 0 Å². The molecule has 0 bridgehead atoms. The highest BCUT2D eigenvalue weighted by atomic mass is 127. The molecular formula is C8H3ClI2S. The van der Waals surface area contributed by atoms with Crippen molar-refractivity contribution in [2.24, 2.45) is 0 Å². The summed E-state index contributed by atoms with van der Waals surface area (Å²) in [4.78, 5) is 0. The van der Waals surface area contributed by atoms with Gasteiger partial charge in [-0.25, -0.2) is 0 Å². The van der Waals surface area contributed by atoms with Crippen LogP contribution in [-0.4, -0.2) is 0 Å². The van der Waals surface area contributed by atoms with Crippen LogP contribution in [0, 0.1) is 7.14 Å². The molecular weight excluding hydrogens is 417 g/mol. The van der Waals surface area contributed by atoms with E-state index in [9.17, 15) is 0 Å². The van der Waals surface area contributed by atoms with Crippen LogP contribution < -0.4 is 0 Å². The average molecular weight is 420 g/mol. The molecule has 0 saturated carbocycles. The number of benzene rings is 1. The van der Waals surface area contributed by atoms with Crippen molar-refractivity contribution in [3.05, 3.63) is 29.7 Å². The second kappa shape index (κ2) is 3.59. The van der Waals surface area contributed by atoms with Crippen LogP contribution >= 0.6 is 68.1 Å². The van der Waals surface area contributed by atoms with Crippen molar-refractivity contribution in [2.75, 3.05) is 0 Å². The molecule has 0 aliphatic carbocycles. The lowest BCUT2D eigenvalue weighted by Gasteiger charge is -1.99. The molecule has 1 heterocycles. The molecule has 1 aromatic heterocycles. The van der Waals surface area contributed by atoms with E-state index in [0.29, 0.717) is 0 Å². The second-order valence-electron chi connectivity index (χ2n) is 2.32. The van der Waals surface area contributed by atoms with Crippen LogP contribution in [0.15, 0.2) is 17.5 Å². The third-order valence-corrected chi connectivity index (χ3v) is 5.08. The zero-order valence-corrected chi connectivity index (χ0v) is 11.7. The minimum atomic E-state index is 0.890. The number of fused-ring (bicyclic) bond motifs is 1. The highest BCUT2D eigenvalue weighted by molar-refractivity contribution is 14.1. The van der Waals surface area contributed by atoms with E-state index >= 15 is 0 Å². The first-order valence-corrected chi connectivity index (χ1v) is 6.62. The monoisotopic (exact) mass is 420 g/mol. The minimum absolute atomic E-state index is 0.890. The van der Waals surface area contributed by atoms with Gasteiger partial charge in [-0.3, -0.25) is 0 Å². The van der Waals surface area contributed by atoms with E-state index in [1.165, 1.54) is 13.7 Å². The van der Waals surface area contributed by atoms with Crippen LogP contribution in [-0.2, 0) is 0 Å². The number of thiophene rings is 1. The van der Waals surface area contributed by atoms with Gasteiger partial charge in [0.25, 0.3) is 0 Å². The Labute approximate surface area is 107 Å². The van der Waals surface area contributed by atoms with Gasteiger partial charge in [0.05, 0.1) is 9.72 Å². The lowest BCUT2D eigenvalue weighted by Crippen LogP contribution is -1.78. The Hall–Kier alpha value is 0.930. The Kier molecular flexibility index (Phi) is 2.84. The fourth-order valence-corrected chi connectivity index (χ4v) is 4.48. The van der Waals surface area contributed by atoms with Crippen LogP contribution in [0.4, 0.5) is 0 Å². The maximum absolute atomic E-state index is 6.14. The fraction of sp³-hybridized carbons (Fsp3) is 0. The van der Waals surface area contributed by atoms with Gasteiger partial charge in [-0.15, -0.1) is 11.3 Å². The molecule has 0 atom stereocenters. The van der Waals surface area contributed by atoms with E-state index in [1.807, 2.05) is 0 Å². The summed E-state index contributed by atoms with van der Waals surface area (Å²) in [6.07, 6.45) is 0. The molecule has 0 N–H and O–H groups in total. The molecule has 0 saturated heterocycles. The first kappa shape index (κ1) is 9.48. The Bertz CT molecular complexity index is 436. The molecule has 0 aliphatic heterocycles. The van der Waals surface area contributed by atoms with Gasteiger partial charge in [0.1, 0.15) is 0 Å². The molecule has 2 rings (SSSR count). The topological polar surface area (TPSA) is 0 Å². The molecule has 4 heteroatoms. The molecule has 2 aromatic rings. The van der Waals surface area contributed by atoms with Gasteiger partial charge in [-0.2, -0.15) is 0 Å². The quantitative estimate of drug-likeness (QED) is 0.426. The average Bonchev–Trinajstić information content (AvgIpc) is 2.48. The van der Waals surface area contributed by atoms with Gasteiger partial charge in [-0.1, -0.05) is 11.6 Å². The summed E-state index contributed by atoms with van der Waals surface area (Å²) < 4.78 is 3.61. The Morgan fingerprint density at radius 1 is 1.25 bits per heavy atom. The lowest BCUT2D eigenvalue weighted by molar-refractivity contribution is 1.70. The number of hydrogen-bond acceptors (Lipinski definition) is 1. The van der Waals surface area contributed by atoms with Gasteiger partial charge in [-0.05, 0) is 62.7 Å². The number of hydrogen-bond donors (Lipinski definition) is 0. The number of rotatable bonds is 0. The molecule has 0 nitrogen and oxygen atoms in total. The summed E-state index contributed by atoms with van der Waals surface area (Å²) in [7, 11) is 0. The maximum Gasteiger partial charge on any atom is 0.0718 e. The highest BCUT2D eigenvalue weighted by Crippen LogP contribution is 2.35. The molecule has 0 radical (unpaired) electrons. The number of halogens is 3. The van der Waals surface area contributed by atoms with E-state index in [-0.39, 0.29) is 0 Å². The van der Waals surface area contributed by atoms with Crippen molar-refractivity contribution in [1.29, 1.82) is 0 Å². The maximum atomic E-state index is 6.14. The normalized spacial score (nSPS) is 10.9. The summed E-state index contributed by atoms with van der Waals surface area (Å²) in [5.74, 6) is 0. The van der Waals surface area contributed by atoms with Gasteiger partial charge in [0.15, 0.2) is 0 Å². The van der Waals surface area contributed by atoms with Crippen molar-refractivity contribution in [3.63, 3.8) is 0 Å². The second-order valence-corrected chi connectivity index (χ2v) is 5.94. The molecule has 0 spiro atoms. The Morgan fingerprint density at radius 3 is 2.75 bits per heavy atom. The molecule has 0 unspecified atom stereocenters. The van der Waals surface area contributed by atoms with Crippen molar-refractivity contribution in [1.82, 2.24) is 0 Å². The fourth-order valence-electron chi connectivity index (χ4n) is 1.03. The van der Waals surface area contributed by atoms with Gasteiger partial charge in [0, 0.05) is 12.5 Å². The molecule has 1 aromatic carbocycles. The van der Waals surface area contributed by atoms with Gasteiger partial charge in [0.2, 0.25) is 0 Å². The summed E-state index contributed by atoms with van der Waals surface area (Å²) >= 11 is 12.4. The summed E-state index contributed by atoms with van der Waals surface area (Å²) in [6.45, 7) is 0. The van der Waals surface area contributed by atoms with E-state index in [0.717, 1.165) is 8.59 Å². The zero-order chi connectivity index (χ0) is 8.72. The summed E-state index contributed by atoms with van der Waals surface area (Å²) in [5, 5.41) is 4.24.